The van der Waals surface area contributed by atoms with E-state index in [0.717, 1.165) is 36.6 Å². The van der Waals surface area contributed by atoms with E-state index >= 15 is 0 Å². The third kappa shape index (κ3) is 6.14. The highest BCUT2D eigenvalue weighted by Crippen LogP contribution is 2.17. The molecule has 152 valence electrons. The molecule has 3 rings (SSSR count). The van der Waals surface area contributed by atoms with Gasteiger partial charge in [0.25, 0.3) is 5.91 Å². The smallest absolute Gasteiger partial charge is 0.331 e. The minimum atomic E-state index is -1.09. The molecule has 1 saturated carbocycles. The highest BCUT2D eigenvalue weighted by atomic mass is 16.5. The number of rotatable bonds is 5. The van der Waals surface area contributed by atoms with Crippen LogP contribution in [0, 0.1) is 0 Å². The van der Waals surface area contributed by atoms with Crippen molar-refractivity contribution in [2.45, 2.75) is 51.2 Å². The second-order valence-corrected chi connectivity index (χ2v) is 7.14. The van der Waals surface area contributed by atoms with Gasteiger partial charge in [-0.1, -0.05) is 43.5 Å². The van der Waals surface area contributed by atoms with E-state index in [9.17, 15) is 14.4 Å². The Balaban J connectivity index is 1.47. The number of nitrogens with one attached hydrogen (secondary N) is 2. The first kappa shape index (κ1) is 20.5. The Labute approximate surface area is 169 Å². The number of aromatic nitrogens is 1. The zero-order chi connectivity index (χ0) is 20.6. The SMILES string of the molecule is C[C@@H](OC(=O)/C=C/c1ccc2ccccc2n1)C(=O)NC(=O)NC1CCCCC1. The van der Waals surface area contributed by atoms with Gasteiger partial charge in [0.05, 0.1) is 11.2 Å². The maximum Gasteiger partial charge on any atom is 0.331 e. The Morgan fingerprint density at radius 2 is 1.86 bits per heavy atom. The van der Waals surface area contributed by atoms with E-state index < -0.39 is 24.0 Å². The molecule has 7 nitrogen and oxygen atoms in total. The summed E-state index contributed by atoms with van der Waals surface area (Å²) < 4.78 is 5.07. The zero-order valence-corrected chi connectivity index (χ0v) is 16.4. The van der Waals surface area contributed by atoms with Gasteiger partial charge in [-0.2, -0.15) is 0 Å². The molecule has 1 aromatic heterocycles. The number of pyridine rings is 1. The number of nitrogens with zero attached hydrogens (tertiary/aromatic N) is 1. The van der Waals surface area contributed by atoms with Gasteiger partial charge in [-0.25, -0.2) is 14.6 Å². The summed E-state index contributed by atoms with van der Waals surface area (Å²) in [5, 5.41) is 6.01. The van der Waals surface area contributed by atoms with E-state index in [-0.39, 0.29) is 6.04 Å². The number of carbonyl (C=O) groups is 3. The standard InChI is InChI=1S/C22H25N3O4/c1-15(21(27)25-22(28)24-17-8-3-2-4-9-17)29-20(26)14-13-18-12-11-16-7-5-6-10-19(16)23-18/h5-7,10-15,17H,2-4,8-9H2,1H3,(H2,24,25,27,28)/b14-13+/t15-/m1/s1. The summed E-state index contributed by atoms with van der Waals surface area (Å²) in [5.74, 6) is -1.35. The number of para-hydroxylation sites is 1. The van der Waals surface area contributed by atoms with E-state index in [2.05, 4.69) is 15.6 Å². The molecule has 1 aliphatic rings. The molecule has 7 heteroatoms. The molecule has 3 amide bonds. The van der Waals surface area contributed by atoms with Crippen molar-refractivity contribution in [1.82, 2.24) is 15.6 Å². The number of ether oxygens (including phenoxy) is 1. The van der Waals surface area contributed by atoms with Gasteiger partial charge in [-0.3, -0.25) is 10.1 Å². The average molecular weight is 395 g/mol. The monoisotopic (exact) mass is 395 g/mol. The fourth-order valence-corrected chi connectivity index (χ4v) is 3.28. The van der Waals surface area contributed by atoms with Crippen molar-refractivity contribution in [2.24, 2.45) is 0 Å². The third-order valence-electron chi connectivity index (χ3n) is 4.85. The summed E-state index contributed by atoms with van der Waals surface area (Å²) in [6.45, 7) is 1.42. The van der Waals surface area contributed by atoms with Gasteiger partial charge >= 0.3 is 12.0 Å². The van der Waals surface area contributed by atoms with Gasteiger partial charge in [-0.15, -0.1) is 0 Å². The highest BCUT2D eigenvalue weighted by molar-refractivity contribution is 5.98. The van der Waals surface area contributed by atoms with Crippen molar-refractivity contribution >= 4 is 34.9 Å². The van der Waals surface area contributed by atoms with Crippen molar-refractivity contribution in [3.63, 3.8) is 0 Å². The molecule has 0 unspecified atom stereocenters. The van der Waals surface area contributed by atoms with Crippen molar-refractivity contribution in [3.8, 4) is 0 Å². The van der Waals surface area contributed by atoms with Crippen LogP contribution >= 0.6 is 0 Å². The molecule has 29 heavy (non-hydrogen) atoms. The van der Waals surface area contributed by atoms with Gasteiger partial charge in [0.2, 0.25) is 0 Å². The fourth-order valence-electron chi connectivity index (χ4n) is 3.28. The number of fused-ring (bicyclic) bond motifs is 1. The maximum atomic E-state index is 12.1. The lowest BCUT2D eigenvalue weighted by Gasteiger charge is -2.23. The lowest BCUT2D eigenvalue weighted by atomic mass is 9.96. The minimum absolute atomic E-state index is 0.0896. The number of hydrogen-bond donors (Lipinski definition) is 2. The summed E-state index contributed by atoms with van der Waals surface area (Å²) in [6.07, 6.45) is 6.80. The lowest BCUT2D eigenvalue weighted by Crippen LogP contribution is -2.48. The van der Waals surface area contributed by atoms with Gasteiger partial charge in [0, 0.05) is 17.5 Å². The molecule has 0 spiro atoms. The molecule has 0 aliphatic heterocycles. The number of benzene rings is 1. The molecule has 0 bridgehead atoms. The van der Waals surface area contributed by atoms with E-state index in [1.165, 1.54) is 25.5 Å². The van der Waals surface area contributed by atoms with Crippen LogP contribution in [0.25, 0.3) is 17.0 Å². The molecule has 2 N–H and O–H groups in total. The fraction of sp³-hybridized carbons (Fsp3) is 0.364. The summed E-state index contributed by atoms with van der Waals surface area (Å²) >= 11 is 0. The number of amides is 3. The molecule has 1 aromatic carbocycles. The van der Waals surface area contributed by atoms with Gasteiger partial charge in [0.15, 0.2) is 6.10 Å². The predicted molar refractivity (Wildman–Crippen MR) is 110 cm³/mol. The van der Waals surface area contributed by atoms with Crippen LogP contribution in [-0.4, -0.2) is 35.0 Å². The quantitative estimate of drug-likeness (QED) is 0.598. The largest absolute Gasteiger partial charge is 0.449 e. The number of hydrogen-bond acceptors (Lipinski definition) is 5. The molecule has 1 atom stereocenters. The molecule has 0 saturated heterocycles. The Hall–Kier alpha value is -3.22. The zero-order valence-electron chi connectivity index (χ0n) is 16.4. The van der Waals surface area contributed by atoms with Crippen LogP contribution < -0.4 is 10.6 Å². The number of urea groups is 1. The molecule has 2 aromatic rings. The van der Waals surface area contributed by atoms with Crippen molar-refractivity contribution in [3.05, 3.63) is 48.2 Å². The molecular formula is C22H25N3O4. The summed E-state index contributed by atoms with van der Waals surface area (Å²) in [7, 11) is 0. The topological polar surface area (TPSA) is 97.4 Å². The average Bonchev–Trinajstić information content (AvgIpc) is 2.72. The minimum Gasteiger partial charge on any atom is -0.449 e. The summed E-state index contributed by atoms with van der Waals surface area (Å²) in [6, 6.07) is 10.9. The summed E-state index contributed by atoms with van der Waals surface area (Å²) in [4.78, 5) is 40.4. The third-order valence-corrected chi connectivity index (χ3v) is 4.85. The van der Waals surface area contributed by atoms with Crippen LogP contribution in [0.15, 0.2) is 42.5 Å². The molecule has 1 aliphatic carbocycles. The van der Waals surface area contributed by atoms with Crippen molar-refractivity contribution in [2.75, 3.05) is 0 Å². The Morgan fingerprint density at radius 3 is 2.66 bits per heavy atom. The van der Waals surface area contributed by atoms with Crippen LogP contribution in [0.1, 0.15) is 44.7 Å². The van der Waals surface area contributed by atoms with E-state index in [1.807, 2.05) is 30.3 Å². The number of carbonyl (C=O) groups excluding carboxylic acids is 3. The second-order valence-electron chi connectivity index (χ2n) is 7.14. The van der Waals surface area contributed by atoms with Crippen LogP contribution in [-0.2, 0) is 14.3 Å². The second kappa shape index (κ2) is 9.82. The Kier molecular flexibility index (Phi) is 6.94. The van der Waals surface area contributed by atoms with Crippen molar-refractivity contribution < 1.29 is 19.1 Å². The number of esters is 1. The van der Waals surface area contributed by atoms with Crippen LogP contribution in [0.3, 0.4) is 0 Å². The van der Waals surface area contributed by atoms with Crippen LogP contribution in [0.2, 0.25) is 0 Å². The molecular weight excluding hydrogens is 370 g/mol. The highest BCUT2D eigenvalue weighted by Gasteiger charge is 2.21. The van der Waals surface area contributed by atoms with E-state index in [0.29, 0.717) is 5.69 Å². The summed E-state index contributed by atoms with van der Waals surface area (Å²) in [5.41, 5.74) is 1.42. The van der Waals surface area contributed by atoms with Crippen LogP contribution in [0.5, 0.6) is 0 Å². The molecule has 0 radical (unpaired) electrons. The lowest BCUT2D eigenvalue weighted by molar-refractivity contribution is -0.149. The Bertz CT molecular complexity index is 919. The first-order chi connectivity index (χ1) is 14.0. The Morgan fingerprint density at radius 1 is 1.10 bits per heavy atom. The van der Waals surface area contributed by atoms with E-state index in [4.69, 9.17) is 4.74 Å². The number of imide groups is 1. The van der Waals surface area contributed by atoms with Crippen molar-refractivity contribution in [1.29, 1.82) is 0 Å². The predicted octanol–water partition coefficient (Wildman–Crippen LogP) is 3.34. The van der Waals surface area contributed by atoms with Crippen LogP contribution in [0.4, 0.5) is 4.79 Å². The molecule has 1 fully saturated rings. The first-order valence-corrected chi connectivity index (χ1v) is 9.87. The normalized spacial score (nSPS) is 15.8. The van der Waals surface area contributed by atoms with Gasteiger partial charge in [-0.05, 0) is 38.0 Å². The van der Waals surface area contributed by atoms with Gasteiger partial charge in [0.1, 0.15) is 0 Å². The maximum absolute atomic E-state index is 12.1. The first-order valence-electron chi connectivity index (χ1n) is 9.87. The molecule has 1 heterocycles. The van der Waals surface area contributed by atoms with Gasteiger partial charge < -0.3 is 10.1 Å². The van der Waals surface area contributed by atoms with E-state index in [1.54, 1.807) is 6.07 Å².